The van der Waals surface area contributed by atoms with Crippen LogP contribution < -0.4 is 0 Å². The van der Waals surface area contributed by atoms with Gasteiger partial charge in [0.25, 0.3) is 0 Å². The SMILES string of the molecule is C1=CCCCCCCCCCCCCCCC\C=C/C=C\C=C/C=C\1. The van der Waals surface area contributed by atoms with Crippen LogP contribution in [0.2, 0.25) is 0 Å². The lowest BCUT2D eigenvalue weighted by Gasteiger charge is -2.03. The molecule has 0 nitrogen and oxygen atoms in total. The second-order valence-corrected chi connectivity index (χ2v) is 7.18. The van der Waals surface area contributed by atoms with Gasteiger partial charge in [-0.25, -0.2) is 0 Å². The highest BCUT2D eigenvalue weighted by molar-refractivity contribution is 5.17. The first-order valence-corrected chi connectivity index (χ1v) is 10.8. The van der Waals surface area contributed by atoms with Crippen molar-refractivity contribution >= 4 is 0 Å². The summed E-state index contributed by atoms with van der Waals surface area (Å²) in [4.78, 5) is 0. The van der Waals surface area contributed by atoms with Crippen molar-refractivity contribution in [3.8, 4) is 0 Å². The fourth-order valence-electron chi connectivity index (χ4n) is 3.20. The van der Waals surface area contributed by atoms with Gasteiger partial charge in [0.05, 0.1) is 0 Å². The third-order valence-corrected chi connectivity index (χ3v) is 4.79. The minimum Gasteiger partial charge on any atom is -0.0845 e. The molecular weight excluding hydrogens is 300 g/mol. The smallest absolute Gasteiger partial charge is 0.0348 e. The maximum atomic E-state index is 2.30. The van der Waals surface area contributed by atoms with Crippen molar-refractivity contribution in [2.75, 3.05) is 0 Å². The average Bonchev–Trinajstić information content (AvgIpc) is 2.62. The van der Waals surface area contributed by atoms with Gasteiger partial charge < -0.3 is 0 Å². The van der Waals surface area contributed by atoms with Crippen LogP contribution in [0.4, 0.5) is 0 Å². The van der Waals surface area contributed by atoms with E-state index in [2.05, 4.69) is 60.8 Å². The van der Waals surface area contributed by atoms with Crippen molar-refractivity contribution in [3.05, 3.63) is 60.8 Å². The molecule has 0 aromatic carbocycles. The molecule has 0 unspecified atom stereocenters. The lowest BCUT2D eigenvalue weighted by Crippen LogP contribution is -1.83. The van der Waals surface area contributed by atoms with Crippen molar-refractivity contribution in [2.24, 2.45) is 0 Å². The second kappa shape index (κ2) is 19.0. The summed E-state index contributed by atoms with van der Waals surface area (Å²) in [7, 11) is 0. The van der Waals surface area contributed by atoms with E-state index in [1.54, 1.807) is 0 Å². The van der Waals surface area contributed by atoms with E-state index in [0.717, 1.165) is 0 Å². The van der Waals surface area contributed by atoms with E-state index < -0.39 is 0 Å². The molecule has 0 saturated heterocycles. The average molecular weight is 341 g/mol. The van der Waals surface area contributed by atoms with E-state index in [1.807, 2.05) is 0 Å². The lowest BCUT2D eigenvalue weighted by atomic mass is 10.0. The van der Waals surface area contributed by atoms with Crippen LogP contribution in [0, 0.1) is 0 Å². The van der Waals surface area contributed by atoms with Crippen LogP contribution >= 0.6 is 0 Å². The van der Waals surface area contributed by atoms with Crippen molar-refractivity contribution in [1.29, 1.82) is 0 Å². The van der Waals surface area contributed by atoms with Gasteiger partial charge >= 0.3 is 0 Å². The Hall–Kier alpha value is -1.30. The van der Waals surface area contributed by atoms with Gasteiger partial charge in [0.2, 0.25) is 0 Å². The van der Waals surface area contributed by atoms with Crippen molar-refractivity contribution < 1.29 is 0 Å². The van der Waals surface area contributed by atoms with Gasteiger partial charge in [-0.2, -0.15) is 0 Å². The summed E-state index contributed by atoms with van der Waals surface area (Å²) in [5, 5.41) is 0. The predicted molar refractivity (Wildman–Crippen MR) is 115 cm³/mol. The highest BCUT2D eigenvalue weighted by atomic mass is 14.0. The molecule has 0 N–H and O–H groups in total. The molecule has 0 atom stereocenters. The molecule has 0 bridgehead atoms. The zero-order valence-electron chi connectivity index (χ0n) is 16.4. The van der Waals surface area contributed by atoms with Gasteiger partial charge in [0, 0.05) is 0 Å². The molecule has 0 spiro atoms. The van der Waals surface area contributed by atoms with E-state index in [9.17, 15) is 0 Å². The van der Waals surface area contributed by atoms with E-state index in [0.29, 0.717) is 0 Å². The molecule has 0 fully saturated rings. The van der Waals surface area contributed by atoms with Crippen LogP contribution in [0.3, 0.4) is 0 Å². The zero-order valence-corrected chi connectivity index (χ0v) is 16.4. The fraction of sp³-hybridized carbons (Fsp3) is 0.600. The van der Waals surface area contributed by atoms with Crippen molar-refractivity contribution in [2.45, 2.75) is 96.3 Å². The summed E-state index contributed by atoms with van der Waals surface area (Å²) in [5.74, 6) is 0. The maximum absolute atomic E-state index is 2.30. The van der Waals surface area contributed by atoms with Crippen LogP contribution in [0.5, 0.6) is 0 Å². The molecule has 25 heavy (non-hydrogen) atoms. The van der Waals surface area contributed by atoms with Crippen LogP contribution in [0.15, 0.2) is 60.8 Å². The summed E-state index contributed by atoms with van der Waals surface area (Å²) >= 11 is 0. The van der Waals surface area contributed by atoms with Gasteiger partial charge in [0.15, 0.2) is 0 Å². The van der Waals surface area contributed by atoms with E-state index >= 15 is 0 Å². The molecule has 1 rings (SSSR count). The van der Waals surface area contributed by atoms with Gasteiger partial charge in [-0.1, -0.05) is 131 Å². The van der Waals surface area contributed by atoms with E-state index in [-0.39, 0.29) is 0 Å². The molecule has 140 valence electrons. The van der Waals surface area contributed by atoms with Gasteiger partial charge in [-0.15, -0.1) is 0 Å². The first kappa shape index (κ1) is 21.7. The molecule has 0 aliphatic heterocycles. The quantitative estimate of drug-likeness (QED) is 0.414. The Bertz CT molecular complexity index is 368. The third kappa shape index (κ3) is 17.3. The Morgan fingerprint density at radius 2 is 0.480 bits per heavy atom. The molecular formula is C25H40. The van der Waals surface area contributed by atoms with Gasteiger partial charge in [-0.05, 0) is 25.7 Å². The normalized spacial score (nSPS) is 25.9. The zero-order chi connectivity index (χ0) is 17.7. The monoisotopic (exact) mass is 340 g/mol. The summed E-state index contributed by atoms with van der Waals surface area (Å²) in [5.41, 5.74) is 0. The molecule has 1 aliphatic rings. The van der Waals surface area contributed by atoms with Gasteiger partial charge in [0.1, 0.15) is 0 Å². The van der Waals surface area contributed by atoms with Crippen LogP contribution in [-0.4, -0.2) is 0 Å². The summed E-state index contributed by atoms with van der Waals surface area (Å²) < 4.78 is 0. The van der Waals surface area contributed by atoms with Crippen LogP contribution in [0.1, 0.15) is 96.3 Å². The molecule has 0 saturated carbocycles. The number of hydrogen-bond donors (Lipinski definition) is 0. The lowest BCUT2D eigenvalue weighted by molar-refractivity contribution is 0.538. The third-order valence-electron chi connectivity index (χ3n) is 4.79. The fourth-order valence-corrected chi connectivity index (χ4v) is 3.20. The standard InChI is InChI=1S/C25H40/c1-2-4-6-8-10-12-14-16-18-20-22-24-25-23-21-19-17-15-13-11-9-7-5-3-1/h1-10H,11-25H2/b2-1-,5-3-,6-4-,9-7-,10-8?. The van der Waals surface area contributed by atoms with E-state index in [4.69, 9.17) is 0 Å². The highest BCUT2D eigenvalue weighted by Gasteiger charge is 1.93. The molecule has 0 amide bonds. The molecule has 0 aromatic heterocycles. The minimum atomic E-state index is 1.22. The molecule has 0 radical (unpaired) electrons. The largest absolute Gasteiger partial charge is 0.0845 e. The number of rotatable bonds is 0. The Morgan fingerprint density at radius 1 is 0.240 bits per heavy atom. The molecule has 0 heterocycles. The van der Waals surface area contributed by atoms with E-state index in [1.165, 1.54) is 96.3 Å². The Kier molecular flexibility index (Phi) is 16.6. The first-order chi connectivity index (χ1) is 12.5. The second-order valence-electron chi connectivity index (χ2n) is 7.18. The van der Waals surface area contributed by atoms with Crippen LogP contribution in [0.25, 0.3) is 0 Å². The molecule has 1 aliphatic carbocycles. The predicted octanol–water partition coefficient (Wildman–Crippen LogP) is 8.63. The summed E-state index contributed by atoms with van der Waals surface area (Å²) in [6.45, 7) is 0. The topological polar surface area (TPSA) is 0 Å². The molecule has 0 heteroatoms. The Morgan fingerprint density at radius 3 is 0.800 bits per heavy atom. The number of allylic oxidation sites excluding steroid dienone is 10. The molecule has 0 aromatic rings. The summed E-state index contributed by atoms with van der Waals surface area (Å²) in [6, 6.07) is 0. The summed E-state index contributed by atoms with van der Waals surface area (Å²) in [6.07, 6.45) is 42.5. The highest BCUT2D eigenvalue weighted by Crippen LogP contribution is 2.13. The maximum Gasteiger partial charge on any atom is -0.0348 e. The van der Waals surface area contributed by atoms with Crippen LogP contribution in [-0.2, 0) is 0 Å². The van der Waals surface area contributed by atoms with Gasteiger partial charge in [-0.3, -0.25) is 0 Å². The van der Waals surface area contributed by atoms with Crippen molar-refractivity contribution in [1.82, 2.24) is 0 Å². The Labute approximate surface area is 157 Å². The first-order valence-electron chi connectivity index (χ1n) is 10.8. The number of hydrogen-bond acceptors (Lipinski definition) is 0. The Balaban J connectivity index is 2.24. The van der Waals surface area contributed by atoms with Crippen molar-refractivity contribution in [3.63, 3.8) is 0 Å². The minimum absolute atomic E-state index is 1.22.